The van der Waals surface area contributed by atoms with E-state index in [0.717, 1.165) is 31.5 Å². The summed E-state index contributed by atoms with van der Waals surface area (Å²) in [6, 6.07) is 5.16. The van der Waals surface area contributed by atoms with E-state index >= 15 is 0 Å². The van der Waals surface area contributed by atoms with Crippen molar-refractivity contribution in [2.75, 3.05) is 19.6 Å². The number of halogens is 1. The lowest BCUT2D eigenvalue weighted by Crippen LogP contribution is -2.44. The standard InChI is InChI=1S/C15H22FN3O/c1-11-8-12(2-3-14(11)16)9-18-15(20)10-19-6-4-13(17)5-7-19/h2-3,8,13H,4-7,9-10,17H2,1H3,(H,18,20). The zero-order chi connectivity index (χ0) is 14.5. The molecule has 3 N–H and O–H groups in total. The van der Waals surface area contributed by atoms with Crippen LogP contribution >= 0.6 is 0 Å². The number of carbonyl (C=O) groups is 1. The second kappa shape index (κ2) is 6.81. The minimum atomic E-state index is -0.218. The van der Waals surface area contributed by atoms with Gasteiger partial charge in [-0.1, -0.05) is 12.1 Å². The van der Waals surface area contributed by atoms with Crippen LogP contribution in [-0.2, 0) is 11.3 Å². The van der Waals surface area contributed by atoms with Gasteiger partial charge in [0.15, 0.2) is 0 Å². The molecule has 0 spiro atoms. The zero-order valence-electron chi connectivity index (χ0n) is 11.9. The number of aryl methyl sites for hydroxylation is 1. The molecule has 0 aromatic heterocycles. The van der Waals surface area contributed by atoms with Crippen molar-refractivity contribution in [3.63, 3.8) is 0 Å². The van der Waals surface area contributed by atoms with E-state index in [9.17, 15) is 9.18 Å². The fourth-order valence-electron chi connectivity index (χ4n) is 2.39. The normalized spacial score (nSPS) is 17.1. The Morgan fingerprint density at radius 1 is 1.45 bits per heavy atom. The minimum Gasteiger partial charge on any atom is -0.351 e. The Hall–Kier alpha value is -1.46. The molecule has 1 heterocycles. The van der Waals surface area contributed by atoms with Crippen molar-refractivity contribution in [2.24, 2.45) is 5.73 Å². The molecular weight excluding hydrogens is 257 g/mol. The molecule has 0 saturated carbocycles. The monoisotopic (exact) mass is 279 g/mol. The van der Waals surface area contributed by atoms with Crippen LogP contribution in [0, 0.1) is 12.7 Å². The highest BCUT2D eigenvalue weighted by Crippen LogP contribution is 2.09. The van der Waals surface area contributed by atoms with Gasteiger partial charge in [-0.3, -0.25) is 9.69 Å². The quantitative estimate of drug-likeness (QED) is 0.870. The van der Waals surface area contributed by atoms with Crippen molar-refractivity contribution in [3.8, 4) is 0 Å². The molecule has 1 aliphatic heterocycles. The smallest absolute Gasteiger partial charge is 0.234 e. The number of nitrogens with one attached hydrogen (secondary N) is 1. The Morgan fingerprint density at radius 3 is 2.80 bits per heavy atom. The molecule has 1 aromatic carbocycles. The van der Waals surface area contributed by atoms with Gasteiger partial charge in [-0.15, -0.1) is 0 Å². The van der Waals surface area contributed by atoms with Gasteiger partial charge in [0.1, 0.15) is 5.82 Å². The predicted molar refractivity (Wildman–Crippen MR) is 76.6 cm³/mol. The van der Waals surface area contributed by atoms with Crippen LogP contribution in [0.15, 0.2) is 18.2 Å². The molecule has 5 heteroatoms. The maximum atomic E-state index is 13.1. The van der Waals surface area contributed by atoms with Gasteiger partial charge in [-0.2, -0.15) is 0 Å². The molecule has 0 radical (unpaired) electrons. The van der Waals surface area contributed by atoms with Gasteiger partial charge in [0, 0.05) is 25.7 Å². The third kappa shape index (κ3) is 4.28. The first-order valence-electron chi connectivity index (χ1n) is 7.04. The summed E-state index contributed by atoms with van der Waals surface area (Å²) in [7, 11) is 0. The van der Waals surface area contributed by atoms with Crippen molar-refractivity contribution in [1.29, 1.82) is 0 Å². The first-order valence-corrected chi connectivity index (χ1v) is 7.04. The number of nitrogens with zero attached hydrogens (tertiary/aromatic N) is 1. The highest BCUT2D eigenvalue weighted by atomic mass is 19.1. The number of amides is 1. The van der Waals surface area contributed by atoms with Crippen LogP contribution in [0.3, 0.4) is 0 Å². The summed E-state index contributed by atoms with van der Waals surface area (Å²) in [6.45, 7) is 4.33. The number of likely N-dealkylation sites (tertiary alicyclic amines) is 1. The molecule has 0 unspecified atom stereocenters. The second-order valence-corrected chi connectivity index (χ2v) is 5.47. The number of hydrogen-bond donors (Lipinski definition) is 2. The number of carbonyl (C=O) groups excluding carboxylic acids is 1. The van der Waals surface area contributed by atoms with E-state index in [1.54, 1.807) is 19.1 Å². The molecule has 1 fully saturated rings. The minimum absolute atomic E-state index is 0.00227. The molecule has 20 heavy (non-hydrogen) atoms. The van der Waals surface area contributed by atoms with Crippen LogP contribution in [0.2, 0.25) is 0 Å². The average molecular weight is 279 g/mol. The summed E-state index contributed by atoms with van der Waals surface area (Å²) in [5, 5.41) is 2.87. The van der Waals surface area contributed by atoms with Crippen molar-refractivity contribution in [2.45, 2.75) is 32.4 Å². The first-order chi connectivity index (χ1) is 9.54. The Morgan fingerprint density at radius 2 is 2.15 bits per heavy atom. The molecular formula is C15H22FN3O. The molecule has 110 valence electrons. The van der Waals surface area contributed by atoms with Crippen LogP contribution in [0.4, 0.5) is 4.39 Å². The van der Waals surface area contributed by atoms with Crippen LogP contribution in [0.25, 0.3) is 0 Å². The molecule has 0 atom stereocenters. The van der Waals surface area contributed by atoms with Gasteiger partial charge in [-0.25, -0.2) is 4.39 Å². The highest BCUT2D eigenvalue weighted by molar-refractivity contribution is 5.78. The van der Waals surface area contributed by atoms with Crippen LogP contribution in [0.1, 0.15) is 24.0 Å². The fraction of sp³-hybridized carbons (Fsp3) is 0.533. The summed E-state index contributed by atoms with van der Waals surface area (Å²) in [4.78, 5) is 14.0. The Labute approximate surface area is 119 Å². The maximum absolute atomic E-state index is 13.1. The Kier molecular flexibility index (Phi) is 5.09. The van der Waals surface area contributed by atoms with Crippen molar-refractivity contribution in [3.05, 3.63) is 35.1 Å². The van der Waals surface area contributed by atoms with Crippen molar-refractivity contribution >= 4 is 5.91 Å². The molecule has 1 aliphatic rings. The highest BCUT2D eigenvalue weighted by Gasteiger charge is 2.17. The van der Waals surface area contributed by atoms with Crippen LogP contribution in [0.5, 0.6) is 0 Å². The van der Waals surface area contributed by atoms with E-state index in [2.05, 4.69) is 10.2 Å². The van der Waals surface area contributed by atoms with Gasteiger partial charge >= 0.3 is 0 Å². The molecule has 2 rings (SSSR count). The second-order valence-electron chi connectivity index (χ2n) is 5.47. The summed E-state index contributed by atoms with van der Waals surface area (Å²) in [6.07, 6.45) is 1.90. The largest absolute Gasteiger partial charge is 0.351 e. The lowest BCUT2D eigenvalue weighted by atomic mass is 10.1. The third-order valence-electron chi connectivity index (χ3n) is 3.71. The summed E-state index contributed by atoms with van der Waals surface area (Å²) < 4.78 is 13.1. The molecule has 0 aliphatic carbocycles. The van der Waals surface area contributed by atoms with E-state index in [1.165, 1.54) is 6.07 Å². The third-order valence-corrected chi connectivity index (χ3v) is 3.71. The van der Waals surface area contributed by atoms with E-state index in [1.807, 2.05) is 0 Å². The van der Waals surface area contributed by atoms with Crippen LogP contribution < -0.4 is 11.1 Å². The van der Waals surface area contributed by atoms with Gasteiger partial charge in [0.2, 0.25) is 5.91 Å². The SMILES string of the molecule is Cc1cc(CNC(=O)CN2CCC(N)CC2)ccc1F. The number of piperidine rings is 1. The first kappa shape index (κ1) is 14.9. The maximum Gasteiger partial charge on any atom is 0.234 e. The van der Waals surface area contributed by atoms with E-state index in [0.29, 0.717) is 18.7 Å². The molecule has 1 aromatic rings. The number of nitrogens with two attached hydrogens (primary N) is 1. The molecule has 4 nitrogen and oxygen atoms in total. The van der Waals surface area contributed by atoms with Crippen molar-refractivity contribution in [1.82, 2.24) is 10.2 Å². The average Bonchev–Trinajstić information content (AvgIpc) is 2.43. The number of benzene rings is 1. The number of rotatable bonds is 4. The summed E-state index contributed by atoms with van der Waals surface area (Å²) >= 11 is 0. The Bertz CT molecular complexity index is 470. The fourth-order valence-corrected chi connectivity index (χ4v) is 2.39. The Balaban J connectivity index is 1.76. The van der Waals surface area contributed by atoms with Crippen molar-refractivity contribution < 1.29 is 9.18 Å². The van der Waals surface area contributed by atoms with Gasteiger partial charge in [0.05, 0.1) is 6.54 Å². The lowest BCUT2D eigenvalue weighted by Gasteiger charge is -2.29. The van der Waals surface area contributed by atoms with E-state index < -0.39 is 0 Å². The van der Waals surface area contributed by atoms with Gasteiger partial charge < -0.3 is 11.1 Å². The summed E-state index contributed by atoms with van der Waals surface area (Å²) in [5.41, 5.74) is 7.34. The topological polar surface area (TPSA) is 58.4 Å². The van der Waals surface area contributed by atoms with E-state index in [-0.39, 0.29) is 17.8 Å². The number of hydrogen-bond acceptors (Lipinski definition) is 3. The zero-order valence-corrected chi connectivity index (χ0v) is 11.9. The lowest BCUT2D eigenvalue weighted by molar-refractivity contribution is -0.122. The molecule has 1 amide bonds. The van der Waals surface area contributed by atoms with Gasteiger partial charge in [0.25, 0.3) is 0 Å². The van der Waals surface area contributed by atoms with E-state index in [4.69, 9.17) is 5.73 Å². The van der Waals surface area contributed by atoms with Crippen LogP contribution in [-0.4, -0.2) is 36.5 Å². The molecule has 1 saturated heterocycles. The summed E-state index contributed by atoms with van der Waals surface area (Å²) in [5.74, 6) is -0.216. The molecule has 0 bridgehead atoms. The van der Waals surface area contributed by atoms with Gasteiger partial charge in [-0.05, 0) is 37.0 Å². The predicted octanol–water partition coefficient (Wildman–Crippen LogP) is 1.17.